The molecule has 0 fully saturated rings. The lowest BCUT2D eigenvalue weighted by Gasteiger charge is -2.16. The van der Waals surface area contributed by atoms with Gasteiger partial charge >= 0.3 is 7.94 Å². The van der Waals surface area contributed by atoms with Crippen LogP contribution in [0.2, 0.25) is 0 Å². The largest absolute Gasteiger partial charge is 0.421 e. The molecule has 0 radical (unpaired) electrons. The maximum absolute atomic E-state index is 11.2. The topological polar surface area (TPSA) is 104 Å². The van der Waals surface area contributed by atoms with Crippen LogP contribution in [0.4, 0.5) is 0 Å². The van der Waals surface area contributed by atoms with Crippen LogP contribution in [-0.4, -0.2) is 20.6 Å². The summed E-state index contributed by atoms with van der Waals surface area (Å²) in [5.74, 6) is -0.723. The molecule has 1 aromatic rings. The van der Waals surface area contributed by atoms with Crippen LogP contribution in [0.5, 0.6) is 0 Å². The van der Waals surface area contributed by atoms with Crippen LogP contribution in [0, 0.1) is 0 Å². The minimum Gasteiger partial charge on any atom is -0.366 e. The Morgan fingerprint density at radius 1 is 1.24 bits per heavy atom. The smallest absolute Gasteiger partial charge is 0.366 e. The third-order valence-corrected chi connectivity index (χ3v) is 3.75. The van der Waals surface area contributed by atoms with Crippen molar-refractivity contribution in [1.29, 1.82) is 0 Å². The van der Waals surface area contributed by atoms with Crippen molar-refractivity contribution in [2.45, 2.75) is 25.4 Å². The first-order chi connectivity index (χ1) is 7.73. The molecule has 1 atom stereocenters. The van der Waals surface area contributed by atoms with E-state index in [0.29, 0.717) is 5.56 Å². The fourth-order valence-electron chi connectivity index (χ4n) is 1.62. The summed E-state index contributed by atoms with van der Waals surface area (Å²) < 4.78 is 0. The number of amides is 1. The molecule has 0 bridgehead atoms. The third-order valence-electron chi connectivity index (χ3n) is 2.51. The van der Waals surface area contributed by atoms with Crippen molar-refractivity contribution < 1.29 is 19.5 Å². The summed E-state index contributed by atoms with van der Waals surface area (Å²) >= 11 is 0. The molecule has 0 aliphatic heterocycles. The number of carbonyl (C=O) groups is 1. The van der Waals surface area contributed by atoms with E-state index in [0.717, 1.165) is 5.56 Å². The highest BCUT2D eigenvalue weighted by Gasteiger charge is 2.48. The lowest BCUT2D eigenvalue weighted by Crippen LogP contribution is -2.23. The van der Waals surface area contributed by atoms with Gasteiger partial charge in [-0.25, -0.2) is 0 Å². The Morgan fingerprint density at radius 2 is 1.76 bits per heavy atom. The van der Waals surface area contributed by atoms with Crippen LogP contribution < -0.4 is 5.73 Å². The lowest BCUT2D eigenvalue weighted by molar-refractivity contribution is -0.118. The Kier molecular flexibility index (Phi) is 4.22. The highest BCUT2D eigenvalue weighted by atomic mass is 31.2. The average Bonchev–Trinajstić information content (AvgIpc) is 2.15. The van der Waals surface area contributed by atoms with E-state index < -0.39 is 19.5 Å². The molecule has 0 saturated carbocycles. The van der Waals surface area contributed by atoms with Crippen molar-refractivity contribution in [3.63, 3.8) is 0 Å². The van der Waals surface area contributed by atoms with Crippen LogP contribution in [-0.2, 0) is 4.79 Å². The number of nitrogens with two attached hydrogens (primary N) is 1. The predicted molar refractivity (Wildman–Crippen MR) is 66.0 cm³/mol. The van der Waals surface area contributed by atoms with Gasteiger partial charge in [0.1, 0.15) is 0 Å². The zero-order valence-electron chi connectivity index (χ0n) is 9.74. The lowest BCUT2D eigenvalue weighted by atomic mass is 9.99. The van der Waals surface area contributed by atoms with Gasteiger partial charge in [0.05, 0.1) is 0 Å². The van der Waals surface area contributed by atoms with Gasteiger partial charge in [-0.1, -0.05) is 38.1 Å². The number of carbonyl (C=O) groups excluding carboxylic acids is 1. The van der Waals surface area contributed by atoms with E-state index in [9.17, 15) is 19.5 Å². The maximum atomic E-state index is 11.2. The van der Waals surface area contributed by atoms with Gasteiger partial charge in [-0.05, 0) is 11.5 Å². The number of hydrogen-bond donors (Lipinski definition) is 4. The summed E-state index contributed by atoms with van der Waals surface area (Å²) in [5.41, 5.74) is 4.89. The minimum atomic E-state index is -4.33. The number of benzene rings is 1. The van der Waals surface area contributed by atoms with Crippen LogP contribution in [0.3, 0.4) is 0 Å². The van der Waals surface area contributed by atoms with Gasteiger partial charge in [0, 0.05) is 5.56 Å². The van der Waals surface area contributed by atoms with Gasteiger partial charge in [-0.2, -0.15) is 14.7 Å². The molecule has 5 nitrogen and oxygen atoms in total. The van der Waals surface area contributed by atoms with E-state index in [4.69, 9.17) is 5.73 Å². The van der Waals surface area contributed by atoms with Gasteiger partial charge < -0.3 is 5.73 Å². The molecule has 1 aromatic carbocycles. The molecule has 0 spiro atoms. The van der Waals surface area contributed by atoms with E-state index >= 15 is 0 Å². The van der Waals surface area contributed by atoms with Crippen molar-refractivity contribution in [2.24, 2.45) is 5.73 Å². The van der Waals surface area contributed by atoms with E-state index in [-0.39, 0.29) is 5.92 Å². The second-order valence-corrected chi connectivity index (χ2v) is 5.99. The first kappa shape index (κ1) is 14.1. The molecule has 0 aliphatic carbocycles. The molecule has 0 aromatic heterocycles. The first-order valence-corrected chi connectivity index (χ1v) is 6.91. The summed E-state index contributed by atoms with van der Waals surface area (Å²) in [7, 11) is -4.33. The molecule has 0 saturated heterocycles. The van der Waals surface area contributed by atoms with Crippen LogP contribution in [0.25, 0.3) is 0 Å². The standard InChI is InChI=1S/C11H16NO4P/c1-7(2)8-4-3-5-9(6-8)10(11(12)13)17(14,15)16/h3-7,10,14-16H,1-2H3,(H-,12,13)/p+1. The molecule has 5 N–H and O–H groups in total. The van der Waals surface area contributed by atoms with Gasteiger partial charge in [0.2, 0.25) is 0 Å². The minimum absolute atomic E-state index is 0.229. The van der Waals surface area contributed by atoms with Crippen molar-refractivity contribution in [2.75, 3.05) is 0 Å². The van der Waals surface area contributed by atoms with E-state index in [1.165, 1.54) is 0 Å². The molecule has 1 rings (SSSR count). The van der Waals surface area contributed by atoms with Gasteiger partial charge in [-0.3, -0.25) is 4.79 Å². The van der Waals surface area contributed by atoms with Gasteiger partial charge in [0.25, 0.3) is 11.6 Å². The van der Waals surface area contributed by atoms with Crippen LogP contribution >= 0.6 is 7.94 Å². The highest BCUT2D eigenvalue weighted by molar-refractivity contribution is 7.60. The molecule has 0 heterocycles. The predicted octanol–water partition coefficient (Wildman–Crippen LogP) is 1.08. The Balaban J connectivity index is 3.20. The zero-order chi connectivity index (χ0) is 13.2. The fraction of sp³-hybridized carbons (Fsp3) is 0.364. The Bertz CT molecular complexity index is 414. The van der Waals surface area contributed by atoms with E-state index in [1.54, 1.807) is 18.2 Å². The molecule has 1 amide bonds. The van der Waals surface area contributed by atoms with Gasteiger partial charge in [0.15, 0.2) is 0 Å². The monoisotopic (exact) mass is 258 g/mol. The molecule has 94 valence electrons. The number of hydrogen-bond acceptors (Lipinski definition) is 4. The van der Waals surface area contributed by atoms with E-state index in [2.05, 4.69) is 0 Å². The third kappa shape index (κ3) is 3.48. The molecule has 17 heavy (non-hydrogen) atoms. The summed E-state index contributed by atoms with van der Waals surface area (Å²) in [4.78, 5) is 39.0. The first-order valence-electron chi connectivity index (χ1n) is 5.19. The Labute approximate surface area is 100 Å². The molecule has 1 unspecified atom stereocenters. The second kappa shape index (κ2) is 5.10. The van der Waals surface area contributed by atoms with Crippen LogP contribution in [0.15, 0.2) is 24.3 Å². The zero-order valence-corrected chi connectivity index (χ0v) is 10.6. The summed E-state index contributed by atoms with van der Waals surface area (Å²) in [5, 5.41) is 0. The molecular formula is C11H17NO4P+. The van der Waals surface area contributed by atoms with Gasteiger partial charge in [-0.15, -0.1) is 0 Å². The molecule has 0 aliphatic rings. The fourth-order valence-corrected chi connectivity index (χ4v) is 2.53. The Hall–Kier alpha value is -1.00. The van der Waals surface area contributed by atoms with Crippen molar-refractivity contribution >= 4 is 13.9 Å². The SMILES string of the molecule is CC(C)c1cccc(C(C(N)=O)[P+](O)(O)O)c1. The molecular weight excluding hydrogens is 241 g/mol. The van der Waals surface area contributed by atoms with Crippen molar-refractivity contribution in [3.8, 4) is 0 Å². The average molecular weight is 258 g/mol. The summed E-state index contributed by atoms with van der Waals surface area (Å²) in [6.45, 7) is 3.94. The van der Waals surface area contributed by atoms with Crippen molar-refractivity contribution in [1.82, 2.24) is 0 Å². The summed E-state index contributed by atoms with van der Waals surface area (Å²) in [6.07, 6.45) is 0. The van der Waals surface area contributed by atoms with Crippen LogP contribution in [0.1, 0.15) is 36.6 Å². The number of rotatable bonds is 4. The van der Waals surface area contributed by atoms with E-state index in [1.807, 2.05) is 19.9 Å². The maximum Gasteiger partial charge on any atom is 0.421 e. The quantitative estimate of drug-likeness (QED) is 0.606. The summed E-state index contributed by atoms with van der Waals surface area (Å²) in [6, 6.07) is 6.74. The Morgan fingerprint density at radius 3 is 2.18 bits per heavy atom. The highest BCUT2D eigenvalue weighted by Crippen LogP contribution is 2.59. The van der Waals surface area contributed by atoms with Crippen molar-refractivity contribution in [3.05, 3.63) is 35.4 Å². The number of primary amides is 1. The molecule has 6 heteroatoms. The second-order valence-electron chi connectivity index (χ2n) is 4.24. The normalized spacial score (nSPS) is 13.8.